The molecule has 156 valence electrons. The second-order valence-corrected chi connectivity index (χ2v) is 8.38. The Balaban J connectivity index is 1.45. The summed E-state index contributed by atoms with van der Waals surface area (Å²) in [5, 5.41) is 3.93. The summed E-state index contributed by atoms with van der Waals surface area (Å²) < 4.78 is 0.940. The highest BCUT2D eigenvalue weighted by atomic mass is 79.9. The van der Waals surface area contributed by atoms with Gasteiger partial charge in [-0.3, -0.25) is 9.59 Å². The van der Waals surface area contributed by atoms with Gasteiger partial charge in [-0.05, 0) is 39.7 Å². The molecule has 30 heavy (non-hydrogen) atoms. The van der Waals surface area contributed by atoms with Gasteiger partial charge in [0, 0.05) is 67.3 Å². The van der Waals surface area contributed by atoms with E-state index >= 15 is 0 Å². The van der Waals surface area contributed by atoms with Crippen LogP contribution in [-0.2, 0) is 16.0 Å². The average molecular weight is 470 g/mol. The minimum Gasteiger partial charge on any atom is -0.361 e. The quantitative estimate of drug-likeness (QED) is 0.601. The van der Waals surface area contributed by atoms with Crippen LogP contribution in [0.15, 0.2) is 53.3 Å². The number of carbonyl (C=O) groups is 2. The first-order valence-electron chi connectivity index (χ1n) is 9.98. The molecule has 1 fully saturated rings. The number of aromatic amines is 1. The second-order valence-electron chi connectivity index (χ2n) is 7.46. The molecule has 1 unspecified atom stereocenters. The monoisotopic (exact) mass is 469 g/mol. The lowest BCUT2D eigenvalue weighted by Crippen LogP contribution is -2.55. The van der Waals surface area contributed by atoms with Crippen molar-refractivity contribution in [2.45, 2.75) is 19.4 Å². The minimum atomic E-state index is -0.584. The normalized spacial score (nSPS) is 15.3. The summed E-state index contributed by atoms with van der Waals surface area (Å²) in [5.41, 5.74) is 2.05. The number of halogens is 1. The van der Waals surface area contributed by atoms with Crippen molar-refractivity contribution >= 4 is 44.5 Å². The number of hydrogen-bond acceptors (Lipinski definition) is 4. The summed E-state index contributed by atoms with van der Waals surface area (Å²) in [5.74, 6) is 0.660. The summed E-state index contributed by atoms with van der Waals surface area (Å²) in [6.45, 7) is 4.06. The van der Waals surface area contributed by atoms with Crippen LogP contribution in [0.25, 0.3) is 10.9 Å². The first kappa shape index (κ1) is 20.4. The van der Waals surface area contributed by atoms with E-state index in [1.165, 1.54) is 6.92 Å². The topological polar surface area (TPSA) is 81.3 Å². The number of carbonyl (C=O) groups excluding carboxylic acids is 2. The van der Waals surface area contributed by atoms with Gasteiger partial charge in [0.15, 0.2) is 0 Å². The highest BCUT2D eigenvalue weighted by Crippen LogP contribution is 2.21. The molecule has 1 aliphatic heterocycles. The molecular weight excluding hydrogens is 446 g/mol. The summed E-state index contributed by atoms with van der Waals surface area (Å²) in [6, 6.07) is 11.3. The van der Waals surface area contributed by atoms with Gasteiger partial charge in [0.25, 0.3) is 0 Å². The van der Waals surface area contributed by atoms with Gasteiger partial charge in [-0.25, -0.2) is 4.98 Å². The number of rotatable bonds is 5. The molecule has 1 aromatic carbocycles. The maximum atomic E-state index is 13.2. The van der Waals surface area contributed by atoms with Crippen LogP contribution in [0, 0.1) is 0 Å². The fraction of sp³-hybridized carbons (Fsp3) is 0.318. The maximum Gasteiger partial charge on any atom is 0.245 e. The molecule has 2 N–H and O–H groups in total. The van der Waals surface area contributed by atoms with Crippen molar-refractivity contribution in [3.63, 3.8) is 0 Å². The Morgan fingerprint density at radius 3 is 2.63 bits per heavy atom. The van der Waals surface area contributed by atoms with Crippen molar-refractivity contribution in [1.29, 1.82) is 0 Å². The van der Waals surface area contributed by atoms with E-state index in [0.29, 0.717) is 32.6 Å². The van der Waals surface area contributed by atoms with Gasteiger partial charge in [0.05, 0.1) is 0 Å². The molecule has 8 heteroatoms. The van der Waals surface area contributed by atoms with Gasteiger partial charge >= 0.3 is 0 Å². The fourth-order valence-corrected chi connectivity index (χ4v) is 4.13. The molecule has 0 bridgehead atoms. The lowest BCUT2D eigenvalue weighted by Gasteiger charge is -2.37. The van der Waals surface area contributed by atoms with Crippen LogP contribution in [0.2, 0.25) is 0 Å². The molecule has 3 heterocycles. The number of fused-ring (bicyclic) bond motifs is 1. The molecule has 1 atom stereocenters. The van der Waals surface area contributed by atoms with Crippen molar-refractivity contribution in [2.24, 2.45) is 0 Å². The average Bonchev–Trinajstić information content (AvgIpc) is 3.16. The number of piperazine rings is 1. The zero-order valence-electron chi connectivity index (χ0n) is 16.8. The Kier molecular flexibility index (Phi) is 6.03. The molecule has 2 aromatic heterocycles. The van der Waals surface area contributed by atoms with Gasteiger partial charge in [-0.2, -0.15) is 0 Å². The van der Waals surface area contributed by atoms with Crippen LogP contribution in [0.5, 0.6) is 0 Å². The van der Waals surface area contributed by atoms with E-state index in [0.717, 1.165) is 26.8 Å². The van der Waals surface area contributed by atoms with Crippen LogP contribution >= 0.6 is 15.9 Å². The zero-order valence-corrected chi connectivity index (χ0v) is 18.4. The van der Waals surface area contributed by atoms with Crippen molar-refractivity contribution in [3.8, 4) is 0 Å². The molecule has 0 saturated carbocycles. The molecule has 0 spiro atoms. The van der Waals surface area contributed by atoms with Crippen molar-refractivity contribution in [3.05, 3.63) is 58.8 Å². The number of anilines is 1. The minimum absolute atomic E-state index is 0.0427. The summed E-state index contributed by atoms with van der Waals surface area (Å²) in [6.07, 6.45) is 4.15. The Labute approximate surface area is 183 Å². The molecule has 0 aliphatic carbocycles. The molecule has 2 amide bonds. The molecule has 1 saturated heterocycles. The number of pyridine rings is 1. The third-order valence-corrected chi connectivity index (χ3v) is 5.87. The van der Waals surface area contributed by atoms with Gasteiger partial charge < -0.3 is 20.1 Å². The standard InChI is InChI=1S/C22H24BrN5O2/c1-15(29)26-20(12-16-13-24-19-5-3-2-4-18(16)19)22(30)28-10-8-27(9-11-28)21-7-6-17(23)14-25-21/h2-7,13-14,20,24H,8-12H2,1H3,(H,26,29). The lowest BCUT2D eigenvalue weighted by molar-refractivity contribution is -0.136. The number of H-pyrrole nitrogens is 1. The van der Waals surface area contributed by atoms with E-state index in [2.05, 4.69) is 36.1 Å². The van der Waals surface area contributed by atoms with Gasteiger partial charge in [-0.1, -0.05) is 18.2 Å². The summed E-state index contributed by atoms with van der Waals surface area (Å²) in [7, 11) is 0. The van der Waals surface area contributed by atoms with Crippen LogP contribution in [0.3, 0.4) is 0 Å². The molecule has 3 aromatic rings. The fourth-order valence-electron chi connectivity index (χ4n) is 3.90. The van der Waals surface area contributed by atoms with Crippen molar-refractivity contribution in [2.75, 3.05) is 31.1 Å². The highest BCUT2D eigenvalue weighted by molar-refractivity contribution is 9.10. The predicted octanol–water partition coefficient (Wildman–Crippen LogP) is 2.72. The number of aromatic nitrogens is 2. The van der Waals surface area contributed by atoms with Gasteiger partial charge in [0.1, 0.15) is 11.9 Å². The van der Waals surface area contributed by atoms with E-state index in [9.17, 15) is 9.59 Å². The number of para-hydroxylation sites is 1. The number of nitrogens with zero attached hydrogens (tertiary/aromatic N) is 3. The first-order chi connectivity index (χ1) is 14.5. The highest BCUT2D eigenvalue weighted by Gasteiger charge is 2.29. The van der Waals surface area contributed by atoms with Crippen LogP contribution < -0.4 is 10.2 Å². The Morgan fingerprint density at radius 2 is 1.93 bits per heavy atom. The lowest BCUT2D eigenvalue weighted by atomic mass is 10.0. The number of nitrogens with one attached hydrogen (secondary N) is 2. The molecule has 1 aliphatic rings. The number of hydrogen-bond donors (Lipinski definition) is 2. The Hall–Kier alpha value is -2.87. The van der Waals surface area contributed by atoms with Crippen LogP contribution in [0.4, 0.5) is 5.82 Å². The van der Waals surface area contributed by atoms with Gasteiger partial charge in [-0.15, -0.1) is 0 Å². The molecule has 0 radical (unpaired) electrons. The molecule has 4 rings (SSSR count). The van der Waals surface area contributed by atoms with Crippen molar-refractivity contribution < 1.29 is 9.59 Å². The molecule has 7 nitrogen and oxygen atoms in total. The van der Waals surface area contributed by atoms with E-state index in [1.807, 2.05) is 47.5 Å². The van der Waals surface area contributed by atoms with E-state index in [-0.39, 0.29) is 11.8 Å². The zero-order chi connectivity index (χ0) is 21.1. The number of amides is 2. The third-order valence-electron chi connectivity index (χ3n) is 5.40. The van der Waals surface area contributed by atoms with E-state index in [1.54, 1.807) is 6.20 Å². The molecular formula is C22H24BrN5O2. The SMILES string of the molecule is CC(=O)NC(Cc1c[nH]c2ccccc12)C(=O)N1CCN(c2ccc(Br)cn2)CC1. The predicted molar refractivity (Wildman–Crippen MR) is 120 cm³/mol. The second kappa shape index (κ2) is 8.87. The van der Waals surface area contributed by atoms with Crippen LogP contribution in [-0.4, -0.2) is 58.9 Å². The van der Waals surface area contributed by atoms with Crippen LogP contribution in [0.1, 0.15) is 12.5 Å². The Morgan fingerprint density at radius 1 is 1.17 bits per heavy atom. The maximum absolute atomic E-state index is 13.2. The number of benzene rings is 1. The van der Waals surface area contributed by atoms with Gasteiger partial charge in [0.2, 0.25) is 11.8 Å². The largest absolute Gasteiger partial charge is 0.361 e. The third kappa shape index (κ3) is 4.48. The smallest absolute Gasteiger partial charge is 0.245 e. The Bertz CT molecular complexity index is 1040. The van der Waals surface area contributed by atoms with E-state index < -0.39 is 6.04 Å². The first-order valence-corrected chi connectivity index (χ1v) is 10.8. The van der Waals surface area contributed by atoms with Crippen molar-refractivity contribution in [1.82, 2.24) is 20.2 Å². The summed E-state index contributed by atoms with van der Waals surface area (Å²) >= 11 is 3.40. The summed E-state index contributed by atoms with van der Waals surface area (Å²) in [4.78, 5) is 36.7. The van der Waals surface area contributed by atoms with E-state index in [4.69, 9.17) is 0 Å².